The Morgan fingerprint density at radius 1 is 1.25 bits per heavy atom. The normalized spacial score (nSPS) is 11.0. The zero-order valence-electron chi connectivity index (χ0n) is 10.2. The fraction of sp³-hybridized carbons (Fsp3) is 0.357. The Balaban J connectivity index is 2.87. The number of anilines is 1. The second-order valence-corrected chi connectivity index (χ2v) is 3.70. The van der Waals surface area contributed by atoms with Crippen LogP contribution in [0.4, 0.5) is 5.69 Å². The van der Waals surface area contributed by atoms with Crippen molar-refractivity contribution in [3.63, 3.8) is 0 Å². The fourth-order valence-corrected chi connectivity index (χ4v) is 1.65. The Kier molecular flexibility index (Phi) is 4.60. The summed E-state index contributed by atoms with van der Waals surface area (Å²) in [5.41, 5.74) is 3.04. The highest BCUT2D eigenvalue weighted by Crippen LogP contribution is 2.16. The van der Waals surface area contributed by atoms with Gasteiger partial charge in [0, 0.05) is 24.4 Å². The molecule has 0 heterocycles. The molecule has 0 aromatic heterocycles. The van der Waals surface area contributed by atoms with E-state index in [0.717, 1.165) is 24.2 Å². The Morgan fingerprint density at radius 2 is 1.81 bits per heavy atom. The molecular weight excluding hydrogens is 196 g/mol. The average molecular weight is 214 g/mol. The summed E-state index contributed by atoms with van der Waals surface area (Å²) in [5, 5.41) is 8.69. The predicted octanol–water partition coefficient (Wildman–Crippen LogP) is 3.46. The summed E-state index contributed by atoms with van der Waals surface area (Å²) >= 11 is 0. The van der Waals surface area contributed by atoms with Gasteiger partial charge in [-0.15, -0.1) is 0 Å². The second-order valence-electron chi connectivity index (χ2n) is 3.70. The molecule has 0 aliphatic heterocycles. The maximum absolute atomic E-state index is 8.69. The van der Waals surface area contributed by atoms with E-state index >= 15 is 0 Å². The van der Waals surface area contributed by atoms with Crippen LogP contribution in [-0.4, -0.2) is 13.1 Å². The predicted molar refractivity (Wildman–Crippen MR) is 69.3 cm³/mol. The van der Waals surface area contributed by atoms with E-state index in [2.05, 4.69) is 49.1 Å². The van der Waals surface area contributed by atoms with E-state index in [1.54, 1.807) is 0 Å². The lowest BCUT2D eigenvalue weighted by Gasteiger charge is -2.20. The zero-order chi connectivity index (χ0) is 12.0. The van der Waals surface area contributed by atoms with E-state index in [1.807, 2.05) is 13.0 Å². The minimum Gasteiger partial charge on any atom is -0.372 e. The number of benzene rings is 1. The summed E-state index contributed by atoms with van der Waals surface area (Å²) in [6.45, 7) is 8.15. The summed E-state index contributed by atoms with van der Waals surface area (Å²) < 4.78 is 0. The summed E-state index contributed by atoms with van der Waals surface area (Å²) in [5.74, 6) is 0. The molecular formula is C14H18N2. The highest BCUT2D eigenvalue weighted by Gasteiger charge is 2.00. The smallest absolute Gasteiger partial charge is 0.0944 e. The third kappa shape index (κ3) is 3.13. The molecule has 0 atom stereocenters. The van der Waals surface area contributed by atoms with Crippen molar-refractivity contribution in [1.82, 2.24) is 0 Å². The molecule has 16 heavy (non-hydrogen) atoms. The van der Waals surface area contributed by atoms with Gasteiger partial charge in [-0.2, -0.15) is 5.26 Å². The van der Waals surface area contributed by atoms with Gasteiger partial charge >= 0.3 is 0 Å². The SMILES string of the molecule is CCN(CC)c1ccc(/C=C(\C)C#N)cc1. The minimum atomic E-state index is 0.732. The van der Waals surface area contributed by atoms with Crippen LogP contribution in [0.3, 0.4) is 0 Å². The van der Waals surface area contributed by atoms with Crippen LogP contribution >= 0.6 is 0 Å². The molecule has 0 saturated carbocycles. The molecule has 2 nitrogen and oxygen atoms in total. The van der Waals surface area contributed by atoms with Crippen LogP contribution < -0.4 is 4.90 Å². The van der Waals surface area contributed by atoms with E-state index in [0.29, 0.717) is 0 Å². The summed E-state index contributed by atoms with van der Waals surface area (Å²) in [4.78, 5) is 2.30. The van der Waals surface area contributed by atoms with Crippen LogP contribution in [0.2, 0.25) is 0 Å². The molecule has 0 radical (unpaired) electrons. The molecule has 0 unspecified atom stereocenters. The monoisotopic (exact) mass is 214 g/mol. The van der Waals surface area contributed by atoms with Gasteiger partial charge in [0.25, 0.3) is 0 Å². The number of nitriles is 1. The lowest BCUT2D eigenvalue weighted by atomic mass is 10.1. The van der Waals surface area contributed by atoms with Crippen molar-refractivity contribution in [1.29, 1.82) is 5.26 Å². The Morgan fingerprint density at radius 3 is 2.25 bits per heavy atom. The summed E-state index contributed by atoms with van der Waals surface area (Å²) in [6, 6.07) is 10.4. The van der Waals surface area contributed by atoms with Crippen LogP contribution in [0.1, 0.15) is 26.3 Å². The van der Waals surface area contributed by atoms with E-state index in [-0.39, 0.29) is 0 Å². The van der Waals surface area contributed by atoms with Crippen molar-refractivity contribution < 1.29 is 0 Å². The van der Waals surface area contributed by atoms with Crippen LogP contribution in [-0.2, 0) is 0 Å². The fourth-order valence-electron chi connectivity index (χ4n) is 1.65. The second kappa shape index (κ2) is 5.97. The van der Waals surface area contributed by atoms with Crippen molar-refractivity contribution in [3.8, 4) is 6.07 Å². The van der Waals surface area contributed by atoms with Gasteiger partial charge in [0.15, 0.2) is 0 Å². The average Bonchev–Trinajstić information content (AvgIpc) is 2.32. The molecule has 0 bridgehead atoms. The zero-order valence-corrected chi connectivity index (χ0v) is 10.2. The molecule has 0 aliphatic rings. The third-order valence-corrected chi connectivity index (χ3v) is 2.58. The number of hydrogen-bond acceptors (Lipinski definition) is 2. The topological polar surface area (TPSA) is 27.0 Å². The maximum Gasteiger partial charge on any atom is 0.0944 e. The lowest BCUT2D eigenvalue weighted by molar-refractivity contribution is 0.866. The molecule has 0 fully saturated rings. The molecule has 0 saturated heterocycles. The van der Waals surface area contributed by atoms with Crippen molar-refractivity contribution in [2.75, 3.05) is 18.0 Å². The minimum absolute atomic E-state index is 0.732. The quantitative estimate of drug-likeness (QED) is 0.718. The molecule has 84 valence electrons. The van der Waals surface area contributed by atoms with Crippen molar-refractivity contribution >= 4 is 11.8 Å². The van der Waals surface area contributed by atoms with Crippen LogP contribution in [0.15, 0.2) is 29.8 Å². The van der Waals surface area contributed by atoms with E-state index in [4.69, 9.17) is 5.26 Å². The largest absolute Gasteiger partial charge is 0.372 e. The van der Waals surface area contributed by atoms with Crippen molar-refractivity contribution in [2.24, 2.45) is 0 Å². The number of allylic oxidation sites excluding steroid dienone is 1. The first-order valence-corrected chi connectivity index (χ1v) is 5.64. The molecule has 1 aromatic carbocycles. The van der Waals surface area contributed by atoms with Gasteiger partial charge < -0.3 is 4.90 Å². The van der Waals surface area contributed by atoms with Crippen LogP contribution in [0, 0.1) is 11.3 Å². The van der Waals surface area contributed by atoms with Gasteiger partial charge in [-0.05, 0) is 44.5 Å². The Hall–Kier alpha value is -1.75. The molecule has 1 aromatic rings. The van der Waals surface area contributed by atoms with E-state index in [9.17, 15) is 0 Å². The van der Waals surface area contributed by atoms with Gasteiger partial charge in [0.05, 0.1) is 6.07 Å². The number of hydrogen-bond donors (Lipinski definition) is 0. The summed E-state index contributed by atoms with van der Waals surface area (Å²) in [6.07, 6.45) is 1.89. The van der Waals surface area contributed by atoms with Gasteiger partial charge in [-0.3, -0.25) is 0 Å². The lowest BCUT2D eigenvalue weighted by Crippen LogP contribution is -2.21. The first-order chi connectivity index (χ1) is 7.71. The Bertz CT molecular complexity index is 392. The van der Waals surface area contributed by atoms with E-state index in [1.165, 1.54) is 5.69 Å². The third-order valence-electron chi connectivity index (χ3n) is 2.58. The standard InChI is InChI=1S/C14H18N2/c1-4-16(5-2)14-8-6-13(7-9-14)10-12(3)11-15/h6-10H,4-5H2,1-3H3/b12-10+. The molecule has 0 N–H and O–H groups in total. The highest BCUT2D eigenvalue weighted by molar-refractivity contribution is 5.59. The first kappa shape index (κ1) is 12.3. The van der Waals surface area contributed by atoms with Gasteiger partial charge in [0.1, 0.15) is 0 Å². The van der Waals surface area contributed by atoms with Crippen molar-refractivity contribution in [2.45, 2.75) is 20.8 Å². The molecule has 0 amide bonds. The van der Waals surface area contributed by atoms with Crippen LogP contribution in [0.5, 0.6) is 0 Å². The van der Waals surface area contributed by atoms with Crippen LogP contribution in [0.25, 0.3) is 6.08 Å². The number of nitrogens with zero attached hydrogens (tertiary/aromatic N) is 2. The highest BCUT2D eigenvalue weighted by atomic mass is 15.1. The molecule has 2 heteroatoms. The van der Waals surface area contributed by atoms with E-state index < -0.39 is 0 Å². The van der Waals surface area contributed by atoms with Crippen molar-refractivity contribution in [3.05, 3.63) is 35.4 Å². The Labute approximate surface area is 97.8 Å². The molecule has 0 aliphatic carbocycles. The maximum atomic E-state index is 8.69. The van der Waals surface area contributed by atoms with Gasteiger partial charge in [-0.25, -0.2) is 0 Å². The molecule has 0 spiro atoms. The molecule has 1 rings (SSSR count). The van der Waals surface area contributed by atoms with Gasteiger partial charge in [-0.1, -0.05) is 12.1 Å². The summed E-state index contributed by atoms with van der Waals surface area (Å²) in [7, 11) is 0. The van der Waals surface area contributed by atoms with Gasteiger partial charge in [0.2, 0.25) is 0 Å². The number of rotatable bonds is 4. The first-order valence-electron chi connectivity index (χ1n) is 5.64.